The number of likely N-dealkylation sites (N-methyl/N-ethyl adjacent to an activating group) is 1. The standard InChI is InChI=1S/C28H26ClNO7/c1-30-12-11-16-19(14-5-7-15(29)8-6-14)26-27(36-13-35-26)25(34-4)20(16)22(30)23-17-9-10-18(32-2)24(33-3)21(17)28(31)37-23/h5-10,22-23H,11-13H2,1-4H3/t22-,23?/m1/s1. The van der Waals surface area contributed by atoms with Gasteiger partial charge < -0.3 is 28.4 Å². The van der Waals surface area contributed by atoms with Gasteiger partial charge in [-0.1, -0.05) is 29.8 Å². The molecular formula is C28H26ClNO7. The van der Waals surface area contributed by atoms with E-state index in [9.17, 15) is 4.79 Å². The van der Waals surface area contributed by atoms with Gasteiger partial charge in [0, 0.05) is 28.3 Å². The second kappa shape index (κ2) is 9.04. The molecule has 3 heterocycles. The van der Waals surface area contributed by atoms with E-state index in [0.717, 1.165) is 40.8 Å². The van der Waals surface area contributed by atoms with E-state index in [1.165, 1.54) is 7.11 Å². The molecule has 0 amide bonds. The van der Waals surface area contributed by atoms with Crippen LogP contribution in [0.3, 0.4) is 0 Å². The first-order valence-electron chi connectivity index (χ1n) is 11.9. The number of methoxy groups -OCH3 is 3. The number of halogens is 1. The lowest BCUT2D eigenvalue weighted by Gasteiger charge is -2.39. The van der Waals surface area contributed by atoms with E-state index in [2.05, 4.69) is 4.90 Å². The fourth-order valence-electron chi connectivity index (χ4n) is 5.75. The van der Waals surface area contributed by atoms with Gasteiger partial charge in [-0.25, -0.2) is 4.79 Å². The summed E-state index contributed by atoms with van der Waals surface area (Å²) in [6, 6.07) is 11.0. The third-order valence-electron chi connectivity index (χ3n) is 7.35. The molecule has 2 atom stereocenters. The smallest absolute Gasteiger partial charge is 0.343 e. The lowest BCUT2D eigenvalue weighted by Crippen LogP contribution is -2.36. The average Bonchev–Trinajstić information content (AvgIpc) is 3.52. The Balaban J connectivity index is 1.59. The van der Waals surface area contributed by atoms with Gasteiger partial charge in [0.15, 0.2) is 23.0 Å². The number of nitrogens with zero attached hydrogens (tertiary/aromatic N) is 1. The zero-order valence-electron chi connectivity index (χ0n) is 20.9. The molecule has 0 N–H and O–H groups in total. The van der Waals surface area contributed by atoms with Crippen LogP contribution in [0.4, 0.5) is 0 Å². The van der Waals surface area contributed by atoms with Crippen molar-refractivity contribution in [2.45, 2.75) is 18.6 Å². The van der Waals surface area contributed by atoms with E-state index in [0.29, 0.717) is 39.3 Å². The lowest BCUT2D eigenvalue weighted by molar-refractivity contribution is 0.00877. The molecule has 1 unspecified atom stereocenters. The van der Waals surface area contributed by atoms with Crippen molar-refractivity contribution in [3.05, 3.63) is 63.7 Å². The zero-order valence-corrected chi connectivity index (χ0v) is 21.7. The SMILES string of the molecule is COc1ccc2c(c1OC)C(=O)OC2[C@H]1c2c(c(-c3ccc(Cl)cc3)c3c(c2OC)OCO3)CCN1C. The molecule has 37 heavy (non-hydrogen) atoms. The van der Waals surface area contributed by atoms with Crippen molar-refractivity contribution in [1.82, 2.24) is 4.90 Å². The first-order chi connectivity index (χ1) is 18.0. The lowest BCUT2D eigenvalue weighted by atomic mass is 9.81. The van der Waals surface area contributed by atoms with E-state index >= 15 is 0 Å². The van der Waals surface area contributed by atoms with E-state index in [1.807, 2.05) is 37.4 Å². The maximum atomic E-state index is 13.2. The second-order valence-corrected chi connectivity index (χ2v) is 9.58. The van der Waals surface area contributed by atoms with Crippen LogP contribution < -0.4 is 23.7 Å². The molecule has 8 nitrogen and oxygen atoms in total. The van der Waals surface area contributed by atoms with Gasteiger partial charge in [-0.05, 0) is 42.8 Å². The van der Waals surface area contributed by atoms with Crippen LogP contribution in [0, 0.1) is 0 Å². The summed E-state index contributed by atoms with van der Waals surface area (Å²) in [5, 5.41) is 0.649. The Bertz CT molecular complexity index is 1410. The van der Waals surface area contributed by atoms with Crippen LogP contribution in [0.2, 0.25) is 5.02 Å². The Morgan fingerprint density at radius 2 is 1.65 bits per heavy atom. The Kier molecular flexibility index (Phi) is 5.81. The normalized spacial score (nSPS) is 19.8. The van der Waals surface area contributed by atoms with E-state index < -0.39 is 12.1 Å². The highest BCUT2D eigenvalue weighted by atomic mass is 35.5. The van der Waals surface area contributed by atoms with Crippen LogP contribution >= 0.6 is 11.6 Å². The summed E-state index contributed by atoms with van der Waals surface area (Å²) >= 11 is 6.19. The molecule has 3 aliphatic rings. The first kappa shape index (κ1) is 23.8. The predicted octanol–water partition coefficient (Wildman–Crippen LogP) is 5.20. The molecule has 3 aromatic rings. The number of hydrogen-bond donors (Lipinski definition) is 0. The summed E-state index contributed by atoms with van der Waals surface area (Å²) < 4.78 is 34.9. The molecule has 0 fully saturated rings. The highest BCUT2D eigenvalue weighted by Gasteiger charge is 2.47. The quantitative estimate of drug-likeness (QED) is 0.422. The summed E-state index contributed by atoms with van der Waals surface area (Å²) in [6.07, 6.45) is 0.144. The summed E-state index contributed by atoms with van der Waals surface area (Å²) in [5.41, 5.74) is 4.99. The van der Waals surface area contributed by atoms with Gasteiger partial charge in [0.1, 0.15) is 11.7 Å². The number of hydrogen-bond acceptors (Lipinski definition) is 8. The highest BCUT2D eigenvalue weighted by molar-refractivity contribution is 6.30. The van der Waals surface area contributed by atoms with E-state index in [4.69, 9.17) is 40.0 Å². The summed E-state index contributed by atoms with van der Waals surface area (Å²) in [6.45, 7) is 0.825. The first-order valence-corrected chi connectivity index (χ1v) is 12.3. The van der Waals surface area contributed by atoms with Gasteiger partial charge in [0.05, 0.1) is 27.4 Å². The number of cyclic esters (lactones) is 1. The molecule has 0 spiro atoms. The van der Waals surface area contributed by atoms with Gasteiger partial charge in [-0.15, -0.1) is 0 Å². The van der Waals surface area contributed by atoms with Crippen LogP contribution in [-0.4, -0.2) is 52.6 Å². The van der Waals surface area contributed by atoms with Crippen LogP contribution in [0.1, 0.15) is 39.2 Å². The van der Waals surface area contributed by atoms with Gasteiger partial charge in [-0.2, -0.15) is 0 Å². The molecule has 0 saturated heterocycles. The average molecular weight is 524 g/mol. The van der Waals surface area contributed by atoms with Gasteiger partial charge >= 0.3 is 5.97 Å². The van der Waals surface area contributed by atoms with Crippen molar-refractivity contribution in [2.75, 3.05) is 41.7 Å². The number of carbonyl (C=O) groups is 1. The van der Waals surface area contributed by atoms with Crippen LogP contribution in [0.5, 0.6) is 28.7 Å². The number of benzene rings is 3. The molecule has 0 bridgehead atoms. The largest absolute Gasteiger partial charge is 0.493 e. The third kappa shape index (κ3) is 3.50. The number of fused-ring (bicyclic) bond motifs is 3. The second-order valence-electron chi connectivity index (χ2n) is 9.14. The molecule has 192 valence electrons. The molecule has 0 radical (unpaired) electrons. The van der Waals surface area contributed by atoms with Crippen molar-refractivity contribution in [2.24, 2.45) is 0 Å². The van der Waals surface area contributed by atoms with Crippen LogP contribution in [0.15, 0.2) is 36.4 Å². The zero-order chi connectivity index (χ0) is 25.8. The van der Waals surface area contributed by atoms with Gasteiger partial charge in [0.2, 0.25) is 12.5 Å². The molecule has 6 rings (SSSR count). The maximum absolute atomic E-state index is 13.2. The predicted molar refractivity (Wildman–Crippen MR) is 136 cm³/mol. The number of ether oxygens (including phenoxy) is 6. The fraction of sp³-hybridized carbons (Fsp3) is 0.321. The van der Waals surface area contributed by atoms with Gasteiger partial charge in [-0.3, -0.25) is 4.90 Å². The molecule has 9 heteroatoms. The Morgan fingerprint density at radius 1 is 0.919 bits per heavy atom. The topological polar surface area (TPSA) is 75.7 Å². The molecule has 0 saturated carbocycles. The van der Waals surface area contributed by atoms with Crippen molar-refractivity contribution < 1.29 is 33.2 Å². The minimum Gasteiger partial charge on any atom is -0.493 e. The van der Waals surface area contributed by atoms with Crippen molar-refractivity contribution in [1.29, 1.82) is 0 Å². The molecule has 3 aromatic carbocycles. The monoisotopic (exact) mass is 523 g/mol. The summed E-state index contributed by atoms with van der Waals surface area (Å²) in [5.74, 6) is 2.17. The fourth-order valence-corrected chi connectivity index (χ4v) is 5.88. The minimum absolute atomic E-state index is 0.0912. The number of carbonyl (C=O) groups excluding carboxylic acids is 1. The van der Waals surface area contributed by atoms with Crippen LogP contribution in [-0.2, 0) is 11.2 Å². The third-order valence-corrected chi connectivity index (χ3v) is 7.60. The molecular weight excluding hydrogens is 498 g/mol. The van der Waals surface area contributed by atoms with Crippen LogP contribution in [0.25, 0.3) is 11.1 Å². The van der Waals surface area contributed by atoms with E-state index in [-0.39, 0.29) is 12.8 Å². The summed E-state index contributed by atoms with van der Waals surface area (Å²) in [7, 11) is 6.70. The maximum Gasteiger partial charge on any atom is 0.343 e. The minimum atomic E-state index is -0.598. The van der Waals surface area contributed by atoms with Crippen molar-refractivity contribution in [3.63, 3.8) is 0 Å². The number of esters is 1. The highest BCUT2D eigenvalue weighted by Crippen LogP contribution is 2.58. The molecule has 0 aromatic heterocycles. The molecule has 3 aliphatic heterocycles. The van der Waals surface area contributed by atoms with Crippen molar-refractivity contribution in [3.8, 4) is 39.9 Å². The Morgan fingerprint density at radius 3 is 2.35 bits per heavy atom. The van der Waals surface area contributed by atoms with Gasteiger partial charge in [0.25, 0.3) is 0 Å². The Labute approximate surface area is 219 Å². The van der Waals surface area contributed by atoms with Crippen molar-refractivity contribution >= 4 is 17.6 Å². The summed E-state index contributed by atoms with van der Waals surface area (Å²) in [4.78, 5) is 15.4. The Hall–Kier alpha value is -3.62. The molecule has 0 aliphatic carbocycles. The number of rotatable bonds is 5. The van der Waals surface area contributed by atoms with E-state index in [1.54, 1.807) is 20.3 Å².